The van der Waals surface area contributed by atoms with Crippen molar-refractivity contribution in [3.05, 3.63) is 47.4 Å². The van der Waals surface area contributed by atoms with Gasteiger partial charge in [0.25, 0.3) is 5.91 Å². The summed E-state index contributed by atoms with van der Waals surface area (Å²) in [6, 6.07) is 3.38. The molecule has 106 valence electrons. The average molecular weight is 273 g/mol. The van der Waals surface area contributed by atoms with Crippen LogP contribution in [0.4, 0.5) is 0 Å². The van der Waals surface area contributed by atoms with E-state index in [1.54, 1.807) is 18.5 Å². The molecule has 0 fully saturated rings. The van der Waals surface area contributed by atoms with E-state index in [9.17, 15) is 4.79 Å². The molecule has 2 aromatic heterocycles. The van der Waals surface area contributed by atoms with Crippen LogP contribution in [0.15, 0.2) is 28.9 Å². The highest BCUT2D eigenvalue weighted by Crippen LogP contribution is 2.14. The summed E-state index contributed by atoms with van der Waals surface area (Å²) >= 11 is 0. The smallest absolute Gasteiger partial charge is 0.253 e. The maximum absolute atomic E-state index is 12.1. The molecule has 2 aromatic rings. The maximum atomic E-state index is 12.1. The summed E-state index contributed by atoms with van der Waals surface area (Å²) < 4.78 is 5.39. The molecule has 0 saturated carbocycles. The third kappa shape index (κ3) is 3.23. The maximum Gasteiger partial charge on any atom is 0.253 e. The molecular formula is C15H19N3O2. The number of nitrogens with zero attached hydrogens (tertiary/aromatic N) is 2. The lowest BCUT2D eigenvalue weighted by Crippen LogP contribution is -2.27. The monoisotopic (exact) mass is 273 g/mol. The average Bonchev–Trinajstić information content (AvgIpc) is 2.85. The van der Waals surface area contributed by atoms with Crippen molar-refractivity contribution in [1.82, 2.24) is 15.3 Å². The van der Waals surface area contributed by atoms with Crippen molar-refractivity contribution in [2.24, 2.45) is 0 Å². The first kappa shape index (κ1) is 14.2. The Balaban J connectivity index is 2.04. The Kier molecular flexibility index (Phi) is 4.17. The number of oxazole rings is 1. The van der Waals surface area contributed by atoms with Gasteiger partial charge in [0.05, 0.1) is 11.8 Å². The van der Waals surface area contributed by atoms with E-state index in [0.717, 1.165) is 11.5 Å². The molecule has 2 rings (SSSR count). The molecular weight excluding hydrogens is 254 g/mol. The Bertz CT molecular complexity index is 587. The van der Waals surface area contributed by atoms with E-state index in [4.69, 9.17) is 4.42 Å². The summed E-state index contributed by atoms with van der Waals surface area (Å²) in [6.45, 7) is 7.78. The number of hydrogen-bond acceptors (Lipinski definition) is 4. The first-order valence-corrected chi connectivity index (χ1v) is 6.66. The van der Waals surface area contributed by atoms with Crippen LogP contribution in [0.25, 0.3) is 0 Å². The number of pyridine rings is 1. The zero-order valence-electron chi connectivity index (χ0n) is 12.2. The van der Waals surface area contributed by atoms with Crippen molar-refractivity contribution in [3.63, 3.8) is 0 Å². The van der Waals surface area contributed by atoms with E-state index >= 15 is 0 Å². The molecule has 0 aliphatic rings. The molecule has 0 aromatic carbocycles. The number of carbonyl (C=O) groups is 1. The fraction of sp³-hybridized carbons (Fsp3) is 0.400. The molecule has 1 amide bonds. The Morgan fingerprint density at radius 3 is 2.45 bits per heavy atom. The van der Waals surface area contributed by atoms with Crippen molar-refractivity contribution in [2.75, 3.05) is 0 Å². The molecule has 0 aliphatic carbocycles. The molecule has 2 heterocycles. The Morgan fingerprint density at radius 1 is 1.20 bits per heavy atom. The summed E-state index contributed by atoms with van der Waals surface area (Å²) in [5.74, 6) is 1.39. The summed E-state index contributed by atoms with van der Waals surface area (Å²) in [5.41, 5.74) is 1.50. The van der Waals surface area contributed by atoms with E-state index in [1.165, 1.54) is 0 Å². The fourth-order valence-electron chi connectivity index (χ4n) is 1.80. The van der Waals surface area contributed by atoms with Crippen molar-refractivity contribution >= 4 is 5.91 Å². The Morgan fingerprint density at radius 2 is 1.95 bits per heavy atom. The highest BCUT2D eigenvalue weighted by atomic mass is 16.4. The minimum Gasteiger partial charge on any atom is -0.444 e. The van der Waals surface area contributed by atoms with E-state index in [1.807, 2.05) is 19.9 Å². The summed E-state index contributed by atoms with van der Waals surface area (Å²) in [4.78, 5) is 20.5. The first-order valence-electron chi connectivity index (χ1n) is 6.66. The SMILES string of the molecule is Cc1cnc(C(C)NC(=O)c2ccc(C(C)C)nc2)o1. The zero-order valence-corrected chi connectivity index (χ0v) is 12.2. The molecule has 0 bridgehead atoms. The quantitative estimate of drug-likeness (QED) is 0.929. The highest BCUT2D eigenvalue weighted by molar-refractivity contribution is 5.94. The van der Waals surface area contributed by atoms with Crippen LogP contribution in [0.2, 0.25) is 0 Å². The van der Waals surface area contributed by atoms with Crippen LogP contribution in [-0.4, -0.2) is 15.9 Å². The minimum atomic E-state index is -0.277. The van der Waals surface area contributed by atoms with Crippen LogP contribution in [0, 0.1) is 6.92 Å². The summed E-state index contributed by atoms with van der Waals surface area (Å²) in [7, 11) is 0. The third-order valence-electron chi connectivity index (χ3n) is 3.00. The van der Waals surface area contributed by atoms with Gasteiger partial charge in [0, 0.05) is 11.9 Å². The Hall–Kier alpha value is -2.17. The van der Waals surface area contributed by atoms with E-state index in [-0.39, 0.29) is 11.9 Å². The van der Waals surface area contributed by atoms with Gasteiger partial charge in [-0.25, -0.2) is 4.98 Å². The van der Waals surface area contributed by atoms with Gasteiger partial charge in [-0.2, -0.15) is 0 Å². The predicted molar refractivity (Wildman–Crippen MR) is 75.4 cm³/mol. The van der Waals surface area contributed by atoms with Crippen LogP contribution in [-0.2, 0) is 0 Å². The number of nitrogens with one attached hydrogen (secondary N) is 1. The van der Waals surface area contributed by atoms with Crippen molar-refractivity contribution in [2.45, 2.75) is 39.7 Å². The lowest BCUT2D eigenvalue weighted by Gasteiger charge is -2.11. The van der Waals surface area contributed by atoms with Crippen LogP contribution in [0.3, 0.4) is 0 Å². The Labute approximate surface area is 118 Å². The number of aromatic nitrogens is 2. The minimum absolute atomic E-state index is 0.184. The van der Waals surface area contributed by atoms with Crippen molar-refractivity contribution in [1.29, 1.82) is 0 Å². The van der Waals surface area contributed by atoms with Crippen molar-refractivity contribution in [3.8, 4) is 0 Å². The molecule has 0 aliphatic heterocycles. The highest BCUT2D eigenvalue weighted by Gasteiger charge is 2.15. The van der Waals surface area contributed by atoms with Gasteiger partial charge in [0.15, 0.2) is 0 Å². The molecule has 0 spiro atoms. The normalized spacial score (nSPS) is 12.4. The van der Waals surface area contributed by atoms with Gasteiger partial charge in [-0.3, -0.25) is 9.78 Å². The van der Waals surface area contributed by atoms with E-state index < -0.39 is 0 Å². The van der Waals surface area contributed by atoms with Gasteiger partial charge >= 0.3 is 0 Å². The largest absolute Gasteiger partial charge is 0.444 e. The number of carbonyl (C=O) groups excluding carboxylic acids is 1. The zero-order chi connectivity index (χ0) is 14.7. The molecule has 1 N–H and O–H groups in total. The predicted octanol–water partition coefficient (Wildman–Crippen LogP) is 2.99. The standard InChI is InChI=1S/C15H19N3O2/c1-9(2)13-6-5-12(8-16-13)14(19)18-11(4)15-17-7-10(3)20-15/h5-9,11H,1-4H3,(H,18,19). The van der Waals surface area contributed by atoms with Crippen LogP contribution in [0.1, 0.15) is 60.4 Å². The second-order valence-corrected chi connectivity index (χ2v) is 5.13. The van der Waals surface area contributed by atoms with Gasteiger partial charge in [-0.15, -0.1) is 0 Å². The number of amides is 1. The molecule has 5 nitrogen and oxygen atoms in total. The number of hydrogen-bond donors (Lipinski definition) is 1. The third-order valence-corrected chi connectivity index (χ3v) is 3.00. The van der Waals surface area contributed by atoms with E-state index in [0.29, 0.717) is 17.4 Å². The van der Waals surface area contributed by atoms with Crippen LogP contribution < -0.4 is 5.32 Å². The van der Waals surface area contributed by atoms with Gasteiger partial charge in [0.1, 0.15) is 11.8 Å². The lowest BCUT2D eigenvalue weighted by molar-refractivity contribution is 0.0933. The second-order valence-electron chi connectivity index (χ2n) is 5.13. The van der Waals surface area contributed by atoms with Gasteiger partial charge in [-0.1, -0.05) is 13.8 Å². The molecule has 5 heteroatoms. The summed E-state index contributed by atoms with van der Waals surface area (Å²) in [6.07, 6.45) is 3.23. The molecule has 0 saturated heterocycles. The molecule has 0 radical (unpaired) electrons. The number of rotatable bonds is 4. The van der Waals surface area contributed by atoms with Gasteiger partial charge in [-0.05, 0) is 31.9 Å². The van der Waals surface area contributed by atoms with Crippen molar-refractivity contribution < 1.29 is 9.21 Å². The topological polar surface area (TPSA) is 68.0 Å². The molecule has 1 unspecified atom stereocenters. The van der Waals surface area contributed by atoms with Crippen LogP contribution >= 0.6 is 0 Å². The van der Waals surface area contributed by atoms with E-state index in [2.05, 4.69) is 29.1 Å². The summed E-state index contributed by atoms with van der Waals surface area (Å²) in [5, 5.41) is 2.84. The van der Waals surface area contributed by atoms with Gasteiger partial charge in [0.2, 0.25) is 5.89 Å². The fourth-order valence-corrected chi connectivity index (χ4v) is 1.80. The first-order chi connectivity index (χ1) is 9.47. The number of aryl methyl sites for hydroxylation is 1. The second kappa shape index (κ2) is 5.86. The van der Waals surface area contributed by atoms with Gasteiger partial charge < -0.3 is 9.73 Å². The molecule has 1 atom stereocenters. The van der Waals surface area contributed by atoms with Crippen LogP contribution in [0.5, 0.6) is 0 Å². The molecule has 20 heavy (non-hydrogen) atoms. The lowest BCUT2D eigenvalue weighted by atomic mass is 10.1.